The van der Waals surface area contributed by atoms with E-state index >= 15 is 0 Å². The van der Waals surface area contributed by atoms with Gasteiger partial charge in [0.25, 0.3) is 0 Å². The van der Waals surface area contributed by atoms with Crippen LogP contribution in [0.4, 0.5) is 0 Å². The summed E-state index contributed by atoms with van der Waals surface area (Å²) in [5, 5.41) is 0. The Morgan fingerprint density at radius 2 is 1.38 bits per heavy atom. The van der Waals surface area contributed by atoms with Crippen molar-refractivity contribution in [1.82, 2.24) is 0 Å². The van der Waals surface area contributed by atoms with Gasteiger partial charge in [-0.2, -0.15) is 0 Å². The third kappa shape index (κ3) is 3.80. The number of hydrogen-bond donors (Lipinski definition) is 2. The molecule has 0 aliphatic carbocycles. The molecule has 0 spiro atoms. The van der Waals surface area contributed by atoms with Crippen molar-refractivity contribution < 1.29 is 18.9 Å². The summed E-state index contributed by atoms with van der Waals surface area (Å²) in [5.41, 5.74) is 0.332. The zero-order chi connectivity index (χ0) is 15.3. The molecule has 0 saturated carbocycles. The van der Waals surface area contributed by atoms with Crippen molar-refractivity contribution in [2.24, 2.45) is 0 Å². The first-order chi connectivity index (χ1) is 9.98. The largest absolute Gasteiger partial charge is 0.470 e. The van der Waals surface area contributed by atoms with E-state index in [1.807, 2.05) is 67.6 Å². The van der Waals surface area contributed by atoms with Gasteiger partial charge in [-0.15, -0.1) is 0 Å². The standard InChI is InChI=1S/C16H19O4P/c1-2-13-16(20-21(17,18)19,14-9-5-3-6-10-14)15-11-7-4-8-12-15/h3-12H,2,13H2,1H3,(H2,17,18,19). The summed E-state index contributed by atoms with van der Waals surface area (Å²) in [6.07, 6.45) is 1.20. The van der Waals surface area contributed by atoms with Gasteiger partial charge >= 0.3 is 7.82 Å². The van der Waals surface area contributed by atoms with E-state index in [9.17, 15) is 14.4 Å². The lowest BCUT2D eigenvalue weighted by Gasteiger charge is -2.34. The molecule has 2 N–H and O–H groups in total. The highest BCUT2D eigenvalue weighted by atomic mass is 31.2. The molecule has 2 aromatic carbocycles. The average Bonchev–Trinajstić information content (AvgIpc) is 2.47. The molecule has 0 bridgehead atoms. The Morgan fingerprint density at radius 3 is 1.71 bits per heavy atom. The minimum atomic E-state index is -4.65. The highest BCUT2D eigenvalue weighted by Crippen LogP contribution is 2.50. The number of phosphoric ester groups is 1. The molecule has 2 rings (SSSR count). The van der Waals surface area contributed by atoms with E-state index in [2.05, 4.69) is 0 Å². The second-order valence-corrected chi connectivity index (χ2v) is 6.05. The van der Waals surface area contributed by atoms with Crippen molar-refractivity contribution in [2.75, 3.05) is 0 Å². The molecule has 0 heterocycles. The van der Waals surface area contributed by atoms with Gasteiger partial charge in [0.15, 0.2) is 0 Å². The molecule has 0 amide bonds. The summed E-state index contributed by atoms with van der Waals surface area (Å²) in [5.74, 6) is 0. The number of rotatable bonds is 6. The first kappa shape index (κ1) is 15.9. The van der Waals surface area contributed by atoms with Crippen LogP contribution in [0.2, 0.25) is 0 Å². The molecule has 4 nitrogen and oxygen atoms in total. The molecule has 0 aliphatic heterocycles. The Kier molecular flexibility index (Phi) is 4.96. The van der Waals surface area contributed by atoms with Crippen LogP contribution in [0.1, 0.15) is 30.9 Å². The maximum Gasteiger partial charge on any atom is 0.470 e. The quantitative estimate of drug-likeness (QED) is 0.796. The Morgan fingerprint density at radius 1 is 0.952 bits per heavy atom. The molecular weight excluding hydrogens is 287 g/mol. The van der Waals surface area contributed by atoms with Gasteiger partial charge in [-0.3, -0.25) is 4.52 Å². The highest BCUT2D eigenvalue weighted by Gasteiger charge is 2.40. The number of phosphoric acid groups is 1. The van der Waals surface area contributed by atoms with Crippen LogP contribution in [0.25, 0.3) is 0 Å². The van der Waals surface area contributed by atoms with E-state index in [0.29, 0.717) is 6.42 Å². The minimum absolute atomic E-state index is 0.478. The average molecular weight is 306 g/mol. The van der Waals surface area contributed by atoms with E-state index in [1.165, 1.54) is 0 Å². The van der Waals surface area contributed by atoms with E-state index < -0.39 is 13.4 Å². The van der Waals surface area contributed by atoms with Gasteiger partial charge in [-0.25, -0.2) is 4.57 Å². The lowest BCUT2D eigenvalue weighted by atomic mass is 9.83. The summed E-state index contributed by atoms with van der Waals surface area (Å²) in [6, 6.07) is 18.4. The molecule has 0 radical (unpaired) electrons. The summed E-state index contributed by atoms with van der Waals surface area (Å²) in [4.78, 5) is 18.8. The third-order valence-electron chi connectivity index (χ3n) is 3.36. The first-order valence-corrected chi connectivity index (χ1v) is 8.38. The summed E-state index contributed by atoms with van der Waals surface area (Å²) in [6.45, 7) is 1.96. The Balaban J connectivity index is 2.63. The van der Waals surface area contributed by atoms with Crippen molar-refractivity contribution >= 4 is 7.82 Å². The molecule has 21 heavy (non-hydrogen) atoms. The maximum absolute atomic E-state index is 11.5. The van der Waals surface area contributed by atoms with Crippen LogP contribution in [-0.4, -0.2) is 9.79 Å². The van der Waals surface area contributed by atoms with Crippen LogP contribution in [0.5, 0.6) is 0 Å². The van der Waals surface area contributed by atoms with Gasteiger partial charge in [-0.05, 0) is 17.5 Å². The van der Waals surface area contributed by atoms with Crippen molar-refractivity contribution in [2.45, 2.75) is 25.4 Å². The summed E-state index contributed by atoms with van der Waals surface area (Å²) >= 11 is 0. The molecule has 0 atom stereocenters. The van der Waals surface area contributed by atoms with Gasteiger partial charge in [0.1, 0.15) is 5.60 Å². The van der Waals surface area contributed by atoms with E-state index in [0.717, 1.165) is 17.5 Å². The molecule has 0 aromatic heterocycles. The van der Waals surface area contributed by atoms with Gasteiger partial charge in [0, 0.05) is 0 Å². The van der Waals surface area contributed by atoms with Gasteiger partial charge < -0.3 is 9.79 Å². The summed E-state index contributed by atoms with van der Waals surface area (Å²) < 4.78 is 16.8. The zero-order valence-electron chi connectivity index (χ0n) is 11.8. The Bertz CT molecular complexity index is 567. The fourth-order valence-corrected chi connectivity index (χ4v) is 3.28. The lowest BCUT2D eigenvalue weighted by Crippen LogP contribution is -2.30. The van der Waals surface area contributed by atoms with Crippen LogP contribution < -0.4 is 0 Å². The van der Waals surface area contributed by atoms with Crippen molar-refractivity contribution in [1.29, 1.82) is 0 Å². The van der Waals surface area contributed by atoms with Crippen LogP contribution in [0.15, 0.2) is 60.7 Å². The fourth-order valence-electron chi connectivity index (χ4n) is 2.58. The molecule has 112 valence electrons. The molecule has 0 aliphatic rings. The van der Waals surface area contributed by atoms with Gasteiger partial charge in [0.05, 0.1) is 0 Å². The van der Waals surface area contributed by atoms with Crippen LogP contribution >= 0.6 is 7.82 Å². The number of hydrogen-bond acceptors (Lipinski definition) is 2. The highest BCUT2D eigenvalue weighted by molar-refractivity contribution is 7.46. The van der Waals surface area contributed by atoms with E-state index in [1.54, 1.807) is 0 Å². The second kappa shape index (κ2) is 6.54. The predicted octanol–water partition coefficient (Wildman–Crippen LogP) is 3.84. The van der Waals surface area contributed by atoms with E-state index in [-0.39, 0.29) is 0 Å². The van der Waals surface area contributed by atoms with Crippen LogP contribution in [0.3, 0.4) is 0 Å². The fraction of sp³-hybridized carbons (Fsp3) is 0.250. The molecule has 5 heteroatoms. The third-order valence-corrected chi connectivity index (χ3v) is 3.91. The first-order valence-electron chi connectivity index (χ1n) is 6.85. The SMILES string of the molecule is CCCC(OP(=O)(O)O)(c1ccccc1)c1ccccc1. The van der Waals surface area contributed by atoms with Crippen LogP contribution in [-0.2, 0) is 14.7 Å². The smallest absolute Gasteiger partial charge is 0.303 e. The van der Waals surface area contributed by atoms with Gasteiger partial charge in [0.2, 0.25) is 0 Å². The van der Waals surface area contributed by atoms with E-state index in [4.69, 9.17) is 4.52 Å². The molecule has 0 saturated heterocycles. The monoisotopic (exact) mass is 306 g/mol. The second-order valence-electron chi connectivity index (χ2n) is 4.89. The zero-order valence-corrected chi connectivity index (χ0v) is 12.7. The Labute approximate surface area is 124 Å². The minimum Gasteiger partial charge on any atom is -0.303 e. The summed E-state index contributed by atoms with van der Waals surface area (Å²) in [7, 11) is -4.65. The molecule has 0 fully saturated rings. The molecule has 2 aromatic rings. The van der Waals surface area contributed by atoms with Crippen LogP contribution in [0, 0.1) is 0 Å². The number of benzene rings is 2. The Hall–Kier alpha value is -1.45. The van der Waals surface area contributed by atoms with Crippen molar-refractivity contribution in [3.8, 4) is 0 Å². The topological polar surface area (TPSA) is 66.8 Å². The predicted molar refractivity (Wildman–Crippen MR) is 81.7 cm³/mol. The maximum atomic E-state index is 11.5. The normalized spacial score (nSPS) is 12.3. The van der Waals surface area contributed by atoms with Crippen molar-refractivity contribution in [3.63, 3.8) is 0 Å². The lowest BCUT2D eigenvalue weighted by molar-refractivity contribution is 0.0569. The van der Waals surface area contributed by atoms with Crippen molar-refractivity contribution in [3.05, 3.63) is 71.8 Å². The molecular formula is C16H19O4P. The van der Waals surface area contributed by atoms with Gasteiger partial charge in [-0.1, -0.05) is 74.0 Å². The molecule has 0 unspecified atom stereocenters.